The molecule has 0 unspecified atom stereocenters. The third-order valence-corrected chi connectivity index (χ3v) is 8.76. The second-order valence-corrected chi connectivity index (χ2v) is 11.8. The highest BCUT2D eigenvalue weighted by Crippen LogP contribution is 2.42. The molecule has 0 amide bonds. The number of fused-ring (bicyclic) bond motifs is 1. The Balaban J connectivity index is 1.43. The van der Waals surface area contributed by atoms with Gasteiger partial charge in [0.25, 0.3) is 0 Å². The highest BCUT2D eigenvalue weighted by atomic mass is 32.1. The zero-order chi connectivity index (χ0) is 26.0. The van der Waals surface area contributed by atoms with E-state index in [0.29, 0.717) is 38.4 Å². The Kier molecular flexibility index (Phi) is 7.47. The summed E-state index contributed by atoms with van der Waals surface area (Å²) in [4.78, 5) is 36.1. The first kappa shape index (κ1) is 25.6. The molecule has 1 aromatic heterocycles. The van der Waals surface area contributed by atoms with Crippen LogP contribution in [0.15, 0.2) is 66.7 Å². The van der Waals surface area contributed by atoms with Gasteiger partial charge < -0.3 is 19.6 Å². The molecule has 0 bridgehead atoms. The van der Waals surface area contributed by atoms with Gasteiger partial charge in [-0.25, -0.2) is 0 Å². The Morgan fingerprint density at radius 2 is 1.65 bits per heavy atom. The minimum absolute atomic E-state index is 0.0939. The number of ketones is 1. The van der Waals surface area contributed by atoms with Crippen molar-refractivity contribution in [2.24, 2.45) is 0 Å². The molecule has 0 spiro atoms. The lowest BCUT2D eigenvalue weighted by atomic mass is 9.97. The fourth-order valence-corrected chi connectivity index (χ4v) is 6.53. The summed E-state index contributed by atoms with van der Waals surface area (Å²) in [6.45, 7) is 3.71. The molecule has 7 nitrogen and oxygen atoms in total. The van der Waals surface area contributed by atoms with Crippen LogP contribution in [0.5, 0.6) is 11.5 Å². The first-order valence-corrected chi connectivity index (χ1v) is 14.6. The van der Waals surface area contributed by atoms with E-state index in [1.54, 1.807) is 54.6 Å². The van der Waals surface area contributed by atoms with Crippen LogP contribution >= 0.6 is 18.9 Å². The molecule has 37 heavy (non-hydrogen) atoms. The normalized spacial score (nSPS) is 14.6. The van der Waals surface area contributed by atoms with Crippen LogP contribution in [0.4, 0.5) is 0 Å². The van der Waals surface area contributed by atoms with Gasteiger partial charge in [-0.2, -0.15) is 0 Å². The second-order valence-electron chi connectivity index (χ2n) is 9.18. The molecule has 1 aliphatic rings. The maximum absolute atomic E-state index is 13.8. The van der Waals surface area contributed by atoms with Gasteiger partial charge in [0.05, 0.1) is 5.30 Å². The number of carbonyl (C=O) groups excluding carboxylic acids is 1. The van der Waals surface area contributed by atoms with Gasteiger partial charge >= 0.3 is 7.60 Å². The van der Waals surface area contributed by atoms with Crippen LogP contribution in [-0.2, 0) is 4.57 Å². The van der Waals surface area contributed by atoms with Gasteiger partial charge in [0.1, 0.15) is 18.1 Å². The summed E-state index contributed by atoms with van der Waals surface area (Å²) in [6, 6.07) is 18.0. The van der Waals surface area contributed by atoms with Crippen LogP contribution in [0.25, 0.3) is 20.5 Å². The Morgan fingerprint density at radius 1 is 0.946 bits per heavy atom. The van der Waals surface area contributed by atoms with Crippen molar-refractivity contribution in [3.8, 4) is 21.9 Å². The standard InChI is InChI=1S/C28H28NO6PS/c30-21-8-4-20(5-9-21)28-26(24-13-12-23(36(32,33)34)18-25(24)37-28)27(31)19-6-10-22(11-7-19)35-17-16-29-14-2-1-3-15-29/h4-13,18,30H,1-3,14-17H2,(H2,32,33,34). The van der Waals surface area contributed by atoms with E-state index in [4.69, 9.17) is 4.74 Å². The molecule has 192 valence electrons. The Bertz CT molecular complexity index is 1450. The molecule has 1 fully saturated rings. The topological polar surface area (TPSA) is 107 Å². The smallest absolute Gasteiger partial charge is 0.356 e. The van der Waals surface area contributed by atoms with E-state index in [0.717, 1.165) is 25.2 Å². The zero-order valence-corrected chi connectivity index (χ0v) is 21.9. The third kappa shape index (κ3) is 5.79. The molecule has 0 saturated carbocycles. The summed E-state index contributed by atoms with van der Waals surface area (Å²) in [5, 5.41) is 10.3. The number of ether oxygens (including phenoxy) is 1. The lowest BCUT2D eigenvalue weighted by Crippen LogP contribution is -2.33. The molecule has 5 rings (SSSR count). The monoisotopic (exact) mass is 537 g/mol. The molecule has 9 heteroatoms. The SMILES string of the molecule is O=C(c1ccc(OCCN2CCCCC2)cc1)c1c(-c2ccc(O)cc2)sc2cc(P(=O)(O)O)ccc12. The summed E-state index contributed by atoms with van der Waals surface area (Å²) in [5.41, 5.74) is 1.68. The molecule has 2 heterocycles. The predicted octanol–water partition coefficient (Wildman–Crippen LogP) is 5.17. The maximum atomic E-state index is 13.8. The number of phenolic OH excluding ortho intramolecular Hbond substituents is 1. The van der Waals surface area contributed by atoms with E-state index in [1.165, 1.54) is 42.7 Å². The molecule has 0 radical (unpaired) electrons. The van der Waals surface area contributed by atoms with Crippen LogP contribution in [0, 0.1) is 0 Å². The molecule has 0 atom stereocenters. The summed E-state index contributed by atoms with van der Waals surface area (Å²) in [6.07, 6.45) is 3.77. The fourth-order valence-electron chi connectivity index (χ4n) is 4.63. The van der Waals surface area contributed by atoms with Crippen LogP contribution in [0.2, 0.25) is 0 Å². The average Bonchev–Trinajstić information content (AvgIpc) is 3.28. The van der Waals surface area contributed by atoms with E-state index >= 15 is 0 Å². The van der Waals surface area contributed by atoms with E-state index in [9.17, 15) is 24.3 Å². The minimum atomic E-state index is -4.44. The molecule has 3 aromatic carbocycles. The Labute approximate surface area is 219 Å². The number of piperidine rings is 1. The number of thiophene rings is 1. The van der Waals surface area contributed by atoms with Gasteiger partial charge in [-0.15, -0.1) is 11.3 Å². The molecule has 1 aliphatic heterocycles. The maximum Gasteiger partial charge on any atom is 0.356 e. The minimum Gasteiger partial charge on any atom is -0.508 e. The molecule has 4 aromatic rings. The number of carbonyl (C=O) groups is 1. The molecular formula is C28H28NO6PS. The van der Waals surface area contributed by atoms with E-state index in [-0.39, 0.29) is 16.8 Å². The van der Waals surface area contributed by atoms with Gasteiger partial charge in [-0.3, -0.25) is 14.3 Å². The number of hydrogen-bond donors (Lipinski definition) is 3. The van der Waals surface area contributed by atoms with Gasteiger partial charge in [0.2, 0.25) is 0 Å². The van der Waals surface area contributed by atoms with Crippen molar-refractivity contribution in [2.45, 2.75) is 19.3 Å². The van der Waals surface area contributed by atoms with Crippen LogP contribution in [0.1, 0.15) is 35.2 Å². The number of benzene rings is 3. The van der Waals surface area contributed by atoms with E-state index in [2.05, 4.69) is 4.90 Å². The molecule has 3 N–H and O–H groups in total. The lowest BCUT2D eigenvalue weighted by Gasteiger charge is -2.26. The fraction of sp³-hybridized carbons (Fsp3) is 0.250. The van der Waals surface area contributed by atoms with Crippen LogP contribution in [-0.4, -0.2) is 51.8 Å². The van der Waals surface area contributed by atoms with Gasteiger partial charge in [-0.1, -0.05) is 12.5 Å². The van der Waals surface area contributed by atoms with Crippen LogP contribution in [0.3, 0.4) is 0 Å². The number of hydrogen-bond acceptors (Lipinski definition) is 6. The highest BCUT2D eigenvalue weighted by Gasteiger charge is 2.24. The Hall–Kier alpha value is -3.00. The lowest BCUT2D eigenvalue weighted by molar-refractivity contribution is 0.104. The van der Waals surface area contributed by atoms with Crippen molar-refractivity contribution in [3.63, 3.8) is 0 Å². The van der Waals surface area contributed by atoms with Crippen molar-refractivity contribution in [2.75, 3.05) is 26.2 Å². The first-order chi connectivity index (χ1) is 17.8. The number of likely N-dealkylation sites (tertiary alicyclic amines) is 1. The average molecular weight is 538 g/mol. The van der Waals surface area contributed by atoms with Crippen molar-refractivity contribution in [1.29, 1.82) is 0 Å². The predicted molar refractivity (Wildman–Crippen MR) is 146 cm³/mol. The Morgan fingerprint density at radius 3 is 2.32 bits per heavy atom. The molecular weight excluding hydrogens is 509 g/mol. The summed E-state index contributed by atoms with van der Waals surface area (Å²) in [7, 11) is -4.44. The van der Waals surface area contributed by atoms with E-state index in [1.807, 2.05) is 0 Å². The number of rotatable bonds is 8. The van der Waals surface area contributed by atoms with Crippen molar-refractivity contribution in [3.05, 3.63) is 77.9 Å². The van der Waals surface area contributed by atoms with Gasteiger partial charge in [-0.05, 0) is 92.2 Å². The quantitative estimate of drug-likeness (QED) is 0.210. The second kappa shape index (κ2) is 10.8. The number of phenols is 1. The van der Waals surface area contributed by atoms with Gasteiger partial charge in [0, 0.05) is 32.6 Å². The van der Waals surface area contributed by atoms with Gasteiger partial charge in [0.15, 0.2) is 5.78 Å². The first-order valence-electron chi connectivity index (χ1n) is 12.2. The summed E-state index contributed by atoms with van der Waals surface area (Å²) >= 11 is 1.29. The largest absolute Gasteiger partial charge is 0.508 e. The molecule has 1 saturated heterocycles. The molecule has 0 aliphatic carbocycles. The van der Waals surface area contributed by atoms with Crippen LogP contribution < -0.4 is 10.0 Å². The van der Waals surface area contributed by atoms with E-state index < -0.39 is 7.60 Å². The highest BCUT2D eigenvalue weighted by molar-refractivity contribution is 7.60. The van der Waals surface area contributed by atoms with Crippen molar-refractivity contribution >= 4 is 40.1 Å². The third-order valence-electron chi connectivity index (χ3n) is 6.61. The number of aromatic hydroxyl groups is 1. The number of nitrogens with zero attached hydrogens (tertiary/aromatic N) is 1. The van der Waals surface area contributed by atoms with Crippen molar-refractivity contribution < 1.29 is 29.0 Å². The summed E-state index contributed by atoms with van der Waals surface area (Å²) in [5.74, 6) is 0.615. The van der Waals surface area contributed by atoms with Crippen molar-refractivity contribution in [1.82, 2.24) is 4.90 Å². The zero-order valence-electron chi connectivity index (χ0n) is 20.2. The summed E-state index contributed by atoms with van der Waals surface area (Å²) < 4.78 is 18.3.